The molecule has 0 radical (unpaired) electrons. The van der Waals surface area contributed by atoms with Crippen LogP contribution in [0.2, 0.25) is 0 Å². The molecule has 3 aliphatic rings. The van der Waals surface area contributed by atoms with Gasteiger partial charge in [-0.1, -0.05) is 19.8 Å². The summed E-state index contributed by atoms with van der Waals surface area (Å²) in [7, 11) is 6.25. The Bertz CT molecular complexity index is 1570. The van der Waals surface area contributed by atoms with E-state index < -0.39 is 81.7 Å². The lowest BCUT2D eigenvalue weighted by atomic mass is 9.42. The van der Waals surface area contributed by atoms with Gasteiger partial charge in [-0.05, 0) is 45.0 Å². The van der Waals surface area contributed by atoms with Gasteiger partial charge in [0, 0.05) is 37.4 Å². The van der Waals surface area contributed by atoms with Crippen LogP contribution in [0, 0.1) is 28.6 Å². The summed E-state index contributed by atoms with van der Waals surface area (Å²) in [6, 6.07) is 1.76. The number of ether oxygens (including phenoxy) is 1. The Labute approximate surface area is 266 Å². The Morgan fingerprint density at radius 1 is 1.13 bits per heavy atom. The number of phenols is 1. The Morgan fingerprint density at radius 2 is 1.78 bits per heavy atom. The summed E-state index contributed by atoms with van der Waals surface area (Å²) in [5.74, 6) is -10.5. The number of nitrogens with two attached hydrogens (primary N) is 3. The number of Topliss-reactive ketones (excluding diaryl/α,β-unsaturated/α-hetero) is 4. The lowest BCUT2D eigenvalue weighted by Crippen LogP contribution is -2.85. The van der Waals surface area contributed by atoms with Gasteiger partial charge in [0.15, 0.2) is 34.5 Å². The predicted molar refractivity (Wildman–Crippen MR) is 163 cm³/mol. The number of rotatable bonds is 9. The molecule has 248 valence electrons. The Kier molecular flexibility index (Phi) is 9.06. The number of alkyl carbamates (subject to hydrolysis) is 1. The normalized spacial score (nSPS) is 30.2. The highest BCUT2D eigenvalue weighted by atomic mass is 16.5. The molecule has 2 amide bonds. The van der Waals surface area contributed by atoms with E-state index in [2.05, 4.69) is 5.32 Å². The Balaban J connectivity index is 1.86. The third-order valence-electron chi connectivity index (χ3n) is 9.53. The van der Waals surface area contributed by atoms with Crippen molar-refractivity contribution in [1.82, 2.24) is 10.2 Å². The molecule has 4 rings (SSSR count). The number of fused-ring (bicyclic) bond motifs is 3. The largest absolute Gasteiger partial charge is 0.507 e. The average Bonchev–Trinajstić information content (AvgIpc) is 2.93. The summed E-state index contributed by atoms with van der Waals surface area (Å²) in [5, 5.41) is 24.5. The predicted octanol–water partition coefficient (Wildman–Crippen LogP) is -0.709. The van der Waals surface area contributed by atoms with Gasteiger partial charge in [0.1, 0.15) is 11.7 Å². The zero-order valence-electron chi connectivity index (χ0n) is 26.6. The van der Waals surface area contributed by atoms with Crippen LogP contribution in [0.25, 0.3) is 0 Å². The van der Waals surface area contributed by atoms with E-state index in [1.807, 2.05) is 6.92 Å². The molecule has 0 bridgehead atoms. The van der Waals surface area contributed by atoms with Crippen LogP contribution < -0.4 is 27.4 Å². The van der Waals surface area contributed by atoms with Crippen LogP contribution in [0.15, 0.2) is 6.07 Å². The highest BCUT2D eigenvalue weighted by Gasteiger charge is 2.78. The zero-order chi connectivity index (χ0) is 34.5. The van der Waals surface area contributed by atoms with E-state index in [1.54, 1.807) is 31.1 Å². The summed E-state index contributed by atoms with van der Waals surface area (Å²) < 4.78 is 5.16. The van der Waals surface area contributed by atoms with Crippen LogP contribution in [0.1, 0.15) is 54.1 Å². The first-order chi connectivity index (χ1) is 21.4. The number of nitrogens with one attached hydrogen (secondary N) is 1. The van der Waals surface area contributed by atoms with Crippen molar-refractivity contribution in [3.05, 3.63) is 22.8 Å². The Morgan fingerprint density at radius 3 is 2.33 bits per heavy atom. The number of anilines is 1. The second-order valence-electron chi connectivity index (χ2n) is 13.0. The van der Waals surface area contributed by atoms with Crippen molar-refractivity contribution < 1.29 is 38.6 Å². The first kappa shape index (κ1) is 34.5. The third kappa shape index (κ3) is 4.91. The number of likely N-dealkylation sites (N-methyl/N-ethyl adjacent to an activating group) is 1. The van der Waals surface area contributed by atoms with Crippen LogP contribution >= 0.6 is 0 Å². The van der Waals surface area contributed by atoms with Crippen molar-refractivity contribution in [2.24, 2.45) is 34.5 Å². The fourth-order valence-electron chi connectivity index (χ4n) is 7.58. The number of hydrogen-bond acceptors (Lipinski definition) is 13. The van der Waals surface area contributed by atoms with Crippen LogP contribution in [0.3, 0.4) is 0 Å². The number of phenolic OH excluding ortho intramolecular Hbond substituents is 1. The van der Waals surface area contributed by atoms with Gasteiger partial charge in [0.05, 0.1) is 29.8 Å². The minimum atomic E-state index is -2.84. The SMILES string of the molecule is CCCCCOC(=O)NCc1cc(N(C)C)c2c(c1O)C(=O)C1C(=O)[C@]3(C#N)C(=O)C(C(N)=O)C(=O)[C@@H](N(C)C)[C@]3(N)C[C@]1(N)C2. The van der Waals surface area contributed by atoms with Crippen molar-refractivity contribution >= 4 is 40.8 Å². The number of ketones is 4. The lowest BCUT2D eigenvalue weighted by Gasteiger charge is -2.60. The van der Waals surface area contributed by atoms with E-state index in [1.165, 1.54) is 19.0 Å². The van der Waals surface area contributed by atoms with E-state index in [0.717, 1.165) is 12.8 Å². The number of carbonyl (C=O) groups is 6. The van der Waals surface area contributed by atoms with Crippen molar-refractivity contribution in [1.29, 1.82) is 5.26 Å². The number of nitrogens with zero attached hydrogens (tertiary/aromatic N) is 3. The van der Waals surface area contributed by atoms with Gasteiger partial charge in [-0.3, -0.25) is 28.9 Å². The van der Waals surface area contributed by atoms with Crippen molar-refractivity contribution in [3.8, 4) is 11.8 Å². The highest BCUT2D eigenvalue weighted by Crippen LogP contribution is 2.57. The second kappa shape index (κ2) is 12.1. The molecule has 0 aromatic heterocycles. The van der Waals surface area contributed by atoms with Gasteiger partial charge in [0.2, 0.25) is 5.91 Å². The molecule has 46 heavy (non-hydrogen) atoms. The molecule has 2 saturated carbocycles. The number of aromatic hydroxyl groups is 1. The molecular weight excluding hydrogens is 598 g/mol. The number of benzene rings is 1. The van der Waals surface area contributed by atoms with Gasteiger partial charge in [-0.15, -0.1) is 0 Å². The first-order valence-electron chi connectivity index (χ1n) is 15.0. The van der Waals surface area contributed by atoms with E-state index in [4.69, 9.17) is 21.9 Å². The maximum atomic E-state index is 14.5. The number of carbonyl (C=O) groups excluding carboxylic acids is 6. The molecule has 0 saturated heterocycles. The van der Waals surface area contributed by atoms with Crippen LogP contribution in [0.4, 0.5) is 10.5 Å². The van der Waals surface area contributed by atoms with Gasteiger partial charge in [-0.25, -0.2) is 4.79 Å². The molecule has 1 aromatic rings. The number of nitriles is 1. The van der Waals surface area contributed by atoms with Gasteiger partial charge < -0.3 is 37.3 Å². The monoisotopic (exact) mass is 639 g/mol. The van der Waals surface area contributed by atoms with E-state index in [0.29, 0.717) is 12.1 Å². The minimum Gasteiger partial charge on any atom is -0.507 e. The summed E-state index contributed by atoms with van der Waals surface area (Å²) in [5.41, 5.74) is 12.9. The molecule has 0 spiro atoms. The van der Waals surface area contributed by atoms with E-state index in [-0.39, 0.29) is 36.3 Å². The summed E-state index contributed by atoms with van der Waals surface area (Å²) >= 11 is 0. The molecule has 15 nitrogen and oxygen atoms in total. The number of primary amides is 1. The highest BCUT2D eigenvalue weighted by molar-refractivity contribution is 6.33. The fraction of sp³-hybridized carbons (Fsp3) is 0.581. The molecule has 2 fully saturated rings. The molecule has 6 atom stereocenters. The van der Waals surface area contributed by atoms with Gasteiger partial charge in [-0.2, -0.15) is 5.26 Å². The molecule has 1 aromatic carbocycles. The van der Waals surface area contributed by atoms with Crippen LogP contribution in [0.5, 0.6) is 5.75 Å². The molecule has 0 aliphatic heterocycles. The second-order valence-corrected chi connectivity index (χ2v) is 13.0. The number of unbranched alkanes of at least 4 members (excludes halogenated alkanes) is 2. The average molecular weight is 640 g/mol. The molecule has 8 N–H and O–H groups in total. The van der Waals surface area contributed by atoms with Crippen LogP contribution in [-0.4, -0.2) is 97.1 Å². The molecular formula is C31H41N7O8. The van der Waals surface area contributed by atoms with E-state index >= 15 is 0 Å². The maximum Gasteiger partial charge on any atom is 0.407 e. The molecule has 0 heterocycles. The fourth-order valence-corrected chi connectivity index (χ4v) is 7.58. The summed E-state index contributed by atoms with van der Waals surface area (Å²) in [6.45, 7) is 1.99. The van der Waals surface area contributed by atoms with Gasteiger partial charge >= 0.3 is 6.09 Å². The number of amides is 2. The minimum absolute atomic E-state index is 0.137. The molecule has 2 unspecified atom stereocenters. The quantitative estimate of drug-likeness (QED) is 0.166. The first-order valence-corrected chi connectivity index (χ1v) is 15.0. The summed E-state index contributed by atoms with van der Waals surface area (Å²) in [4.78, 5) is 84.0. The van der Waals surface area contributed by atoms with Crippen molar-refractivity contribution in [3.63, 3.8) is 0 Å². The molecule has 3 aliphatic carbocycles. The van der Waals surface area contributed by atoms with E-state index in [9.17, 15) is 39.1 Å². The third-order valence-corrected chi connectivity index (χ3v) is 9.53. The van der Waals surface area contributed by atoms with Crippen LogP contribution in [-0.2, 0) is 36.9 Å². The van der Waals surface area contributed by atoms with Gasteiger partial charge in [0.25, 0.3) is 0 Å². The zero-order valence-corrected chi connectivity index (χ0v) is 26.6. The summed E-state index contributed by atoms with van der Waals surface area (Å²) in [6.07, 6.45) is 1.06. The smallest absolute Gasteiger partial charge is 0.407 e. The topological polar surface area (TPSA) is 252 Å². The maximum absolute atomic E-state index is 14.5. The van der Waals surface area contributed by atoms with Crippen molar-refractivity contribution in [2.45, 2.75) is 62.7 Å². The lowest BCUT2D eigenvalue weighted by molar-refractivity contribution is -0.166. The Hall–Kier alpha value is -4.39. The van der Waals surface area contributed by atoms with Crippen molar-refractivity contribution in [2.75, 3.05) is 39.7 Å². The molecule has 15 heteroatoms. The standard InChI is InChI=1S/C31H41N7O8/c1-6-7-8-9-46-28(45)36-12-15-10-17(37(2)3)16-11-29(34)13-31(35)24(38(4)5)23(41)19(27(33)44)25(42)30(31,14-32)26(43)20(29)22(40)18(16)21(15)39/h10,19-20,24,39H,6-9,11-13,34-35H2,1-5H3,(H2,33,44)(H,36,45)/t19?,20?,24-,29-,30+,31-/m1/s1. The number of hydrogen-bond donors (Lipinski definition) is 5.